The number of ether oxygens (including phenoxy) is 1. The van der Waals surface area contributed by atoms with Gasteiger partial charge >= 0.3 is 0 Å². The molecule has 1 unspecified atom stereocenters. The molecule has 3 N–H and O–H groups in total. The van der Waals surface area contributed by atoms with Gasteiger partial charge in [0.2, 0.25) is 11.8 Å². The Morgan fingerprint density at radius 3 is 2.74 bits per heavy atom. The van der Waals surface area contributed by atoms with Gasteiger partial charge in [-0.05, 0) is 37.5 Å². The second-order valence-corrected chi connectivity index (χ2v) is 5.67. The summed E-state index contributed by atoms with van der Waals surface area (Å²) in [6, 6.07) is 5.60. The Morgan fingerprint density at radius 2 is 2.04 bits per heavy atom. The fraction of sp³-hybridized carbons (Fsp3) is 0.529. The summed E-state index contributed by atoms with van der Waals surface area (Å²) in [5, 5.41) is 8.84. The predicted molar refractivity (Wildman–Crippen MR) is 90.6 cm³/mol. The second kappa shape index (κ2) is 8.53. The molecule has 1 heterocycles. The minimum atomic E-state index is -0.0668. The SMILES string of the molecule is CCC(=O)Nc1cccc(NCC(=O)NCC2CCCO2)c1C. The summed E-state index contributed by atoms with van der Waals surface area (Å²) in [6.07, 6.45) is 2.65. The fourth-order valence-corrected chi connectivity index (χ4v) is 2.47. The van der Waals surface area contributed by atoms with Gasteiger partial charge in [-0.2, -0.15) is 0 Å². The zero-order chi connectivity index (χ0) is 16.7. The maximum absolute atomic E-state index is 11.9. The van der Waals surface area contributed by atoms with E-state index in [0.717, 1.165) is 36.4 Å². The molecule has 6 heteroatoms. The van der Waals surface area contributed by atoms with Crippen LogP contribution in [0.3, 0.4) is 0 Å². The van der Waals surface area contributed by atoms with Gasteiger partial charge in [-0.15, -0.1) is 0 Å². The fourth-order valence-electron chi connectivity index (χ4n) is 2.47. The second-order valence-electron chi connectivity index (χ2n) is 5.67. The minimum absolute atomic E-state index is 0.0282. The molecule has 0 radical (unpaired) electrons. The van der Waals surface area contributed by atoms with Gasteiger partial charge in [0, 0.05) is 30.9 Å². The van der Waals surface area contributed by atoms with Crippen LogP contribution in [0.25, 0.3) is 0 Å². The van der Waals surface area contributed by atoms with E-state index in [2.05, 4.69) is 16.0 Å². The first-order valence-electron chi connectivity index (χ1n) is 8.11. The smallest absolute Gasteiger partial charge is 0.239 e. The quantitative estimate of drug-likeness (QED) is 0.718. The maximum atomic E-state index is 11.9. The molecule has 0 spiro atoms. The lowest BCUT2D eigenvalue weighted by Crippen LogP contribution is -2.35. The molecule has 1 fully saturated rings. The lowest BCUT2D eigenvalue weighted by Gasteiger charge is -2.15. The van der Waals surface area contributed by atoms with Gasteiger partial charge in [0.25, 0.3) is 0 Å². The van der Waals surface area contributed by atoms with Crippen molar-refractivity contribution in [2.45, 2.75) is 39.2 Å². The number of anilines is 2. The summed E-state index contributed by atoms with van der Waals surface area (Å²) < 4.78 is 5.47. The van der Waals surface area contributed by atoms with Crippen molar-refractivity contribution in [1.29, 1.82) is 0 Å². The molecule has 1 aliphatic rings. The average Bonchev–Trinajstić information content (AvgIpc) is 3.07. The summed E-state index contributed by atoms with van der Waals surface area (Å²) in [4.78, 5) is 23.4. The van der Waals surface area contributed by atoms with Crippen LogP contribution < -0.4 is 16.0 Å². The zero-order valence-electron chi connectivity index (χ0n) is 13.8. The van der Waals surface area contributed by atoms with Gasteiger partial charge in [0.05, 0.1) is 12.6 Å². The lowest BCUT2D eigenvalue weighted by molar-refractivity contribution is -0.120. The van der Waals surface area contributed by atoms with Crippen molar-refractivity contribution in [1.82, 2.24) is 5.32 Å². The van der Waals surface area contributed by atoms with Crippen LogP contribution in [0.15, 0.2) is 18.2 Å². The number of amides is 2. The minimum Gasteiger partial charge on any atom is -0.376 e. The van der Waals surface area contributed by atoms with E-state index in [1.165, 1.54) is 0 Å². The molecule has 126 valence electrons. The molecular formula is C17H25N3O3. The van der Waals surface area contributed by atoms with Gasteiger partial charge in [0.1, 0.15) is 0 Å². The van der Waals surface area contributed by atoms with Crippen molar-refractivity contribution in [3.8, 4) is 0 Å². The summed E-state index contributed by atoms with van der Waals surface area (Å²) in [5.41, 5.74) is 2.52. The highest BCUT2D eigenvalue weighted by molar-refractivity contribution is 5.92. The van der Waals surface area contributed by atoms with Crippen molar-refractivity contribution < 1.29 is 14.3 Å². The van der Waals surface area contributed by atoms with E-state index in [1.54, 1.807) is 0 Å². The highest BCUT2D eigenvalue weighted by atomic mass is 16.5. The Labute approximate surface area is 137 Å². The number of nitrogens with one attached hydrogen (secondary N) is 3. The van der Waals surface area contributed by atoms with Gasteiger partial charge in [-0.25, -0.2) is 0 Å². The van der Waals surface area contributed by atoms with Crippen LogP contribution in [-0.2, 0) is 14.3 Å². The van der Waals surface area contributed by atoms with Crippen LogP contribution in [0.1, 0.15) is 31.7 Å². The Kier molecular flexibility index (Phi) is 6.40. The molecule has 23 heavy (non-hydrogen) atoms. The molecule has 0 bridgehead atoms. The zero-order valence-corrected chi connectivity index (χ0v) is 13.8. The molecule has 2 rings (SSSR count). The van der Waals surface area contributed by atoms with Crippen molar-refractivity contribution in [3.05, 3.63) is 23.8 Å². The van der Waals surface area contributed by atoms with Crippen LogP contribution in [0, 0.1) is 6.92 Å². The van der Waals surface area contributed by atoms with E-state index < -0.39 is 0 Å². The number of carbonyl (C=O) groups excluding carboxylic acids is 2. The summed E-state index contributed by atoms with van der Waals surface area (Å²) in [5.74, 6) is -0.0950. The van der Waals surface area contributed by atoms with E-state index in [-0.39, 0.29) is 24.5 Å². The largest absolute Gasteiger partial charge is 0.376 e. The third-order valence-corrected chi connectivity index (χ3v) is 3.92. The Balaban J connectivity index is 1.83. The highest BCUT2D eigenvalue weighted by Crippen LogP contribution is 2.23. The van der Waals surface area contributed by atoms with Crippen molar-refractivity contribution >= 4 is 23.2 Å². The number of carbonyl (C=O) groups is 2. The Morgan fingerprint density at radius 1 is 1.26 bits per heavy atom. The van der Waals surface area contributed by atoms with E-state index in [0.29, 0.717) is 13.0 Å². The molecule has 1 saturated heterocycles. The summed E-state index contributed by atoms with van der Waals surface area (Å²) >= 11 is 0. The van der Waals surface area contributed by atoms with Crippen LogP contribution in [-0.4, -0.2) is 37.6 Å². The maximum Gasteiger partial charge on any atom is 0.239 e. The molecule has 1 aliphatic heterocycles. The number of rotatable bonds is 7. The van der Waals surface area contributed by atoms with E-state index in [9.17, 15) is 9.59 Å². The van der Waals surface area contributed by atoms with E-state index in [1.807, 2.05) is 32.0 Å². The first-order chi connectivity index (χ1) is 11.1. The first-order valence-corrected chi connectivity index (χ1v) is 8.11. The lowest BCUT2D eigenvalue weighted by atomic mass is 10.1. The van der Waals surface area contributed by atoms with Crippen LogP contribution in [0.4, 0.5) is 11.4 Å². The summed E-state index contributed by atoms with van der Waals surface area (Å²) in [6.45, 7) is 5.27. The Hall–Kier alpha value is -2.08. The number of hydrogen-bond acceptors (Lipinski definition) is 4. The standard InChI is InChI=1S/C17H25N3O3/c1-3-16(21)20-15-8-4-7-14(12(15)2)18-11-17(22)19-10-13-6-5-9-23-13/h4,7-8,13,18H,3,5-6,9-11H2,1-2H3,(H,19,22)(H,20,21). The van der Waals surface area contributed by atoms with Crippen molar-refractivity contribution in [2.75, 3.05) is 30.3 Å². The highest BCUT2D eigenvalue weighted by Gasteiger charge is 2.16. The molecule has 1 aromatic carbocycles. The van der Waals surface area contributed by atoms with E-state index >= 15 is 0 Å². The van der Waals surface area contributed by atoms with Crippen molar-refractivity contribution in [3.63, 3.8) is 0 Å². The van der Waals surface area contributed by atoms with Gasteiger partial charge < -0.3 is 20.7 Å². The molecule has 0 aliphatic carbocycles. The predicted octanol–water partition coefficient (Wildman–Crippen LogP) is 2.05. The third-order valence-electron chi connectivity index (χ3n) is 3.92. The Bertz CT molecular complexity index is 554. The molecule has 0 aromatic heterocycles. The summed E-state index contributed by atoms with van der Waals surface area (Å²) in [7, 11) is 0. The van der Waals surface area contributed by atoms with Crippen LogP contribution >= 0.6 is 0 Å². The van der Waals surface area contributed by atoms with Gasteiger partial charge in [0.15, 0.2) is 0 Å². The topological polar surface area (TPSA) is 79.5 Å². The normalized spacial score (nSPS) is 16.9. The first kappa shape index (κ1) is 17.3. The molecule has 1 aromatic rings. The molecular weight excluding hydrogens is 294 g/mol. The van der Waals surface area contributed by atoms with Gasteiger partial charge in [-0.3, -0.25) is 9.59 Å². The molecule has 1 atom stereocenters. The average molecular weight is 319 g/mol. The monoisotopic (exact) mass is 319 g/mol. The van der Waals surface area contributed by atoms with Crippen LogP contribution in [0.2, 0.25) is 0 Å². The van der Waals surface area contributed by atoms with Crippen LogP contribution in [0.5, 0.6) is 0 Å². The van der Waals surface area contributed by atoms with Gasteiger partial charge in [-0.1, -0.05) is 13.0 Å². The molecule has 6 nitrogen and oxygen atoms in total. The third kappa shape index (κ3) is 5.25. The van der Waals surface area contributed by atoms with Crippen molar-refractivity contribution in [2.24, 2.45) is 0 Å². The number of hydrogen-bond donors (Lipinski definition) is 3. The molecule has 2 amide bonds. The number of benzene rings is 1. The van der Waals surface area contributed by atoms with E-state index in [4.69, 9.17) is 4.74 Å². The molecule has 0 saturated carbocycles.